The Balaban J connectivity index is 1.01. The van der Waals surface area contributed by atoms with Gasteiger partial charge in [-0.25, -0.2) is 19.4 Å². The van der Waals surface area contributed by atoms with E-state index in [0.29, 0.717) is 103 Å². The van der Waals surface area contributed by atoms with Crippen LogP contribution in [0.25, 0.3) is 32.7 Å². The minimum absolute atomic E-state index is 0.0337. The summed E-state index contributed by atoms with van der Waals surface area (Å²) in [6, 6.07) is 6.75. The molecule has 0 radical (unpaired) electrons. The van der Waals surface area contributed by atoms with Gasteiger partial charge in [0.15, 0.2) is 0 Å². The summed E-state index contributed by atoms with van der Waals surface area (Å²) in [6.45, 7) is 14.0. The first kappa shape index (κ1) is 50.6. The van der Waals surface area contributed by atoms with Crippen LogP contribution in [-0.4, -0.2) is 139 Å². The lowest BCUT2D eigenvalue weighted by molar-refractivity contribution is -0.175. The fourth-order valence-electron chi connectivity index (χ4n) is 7.06. The van der Waals surface area contributed by atoms with Crippen LogP contribution in [0.2, 0.25) is 0 Å². The van der Waals surface area contributed by atoms with Gasteiger partial charge in [-0.2, -0.15) is 0 Å². The Kier molecular flexibility index (Phi) is 19.7. The van der Waals surface area contributed by atoms with E-state index in [2.05, 4.69) is 10.0 Å². The van der Waals surface area contributed by atoms with Crippen LogP contribution in [0, 0.1) is 0 Å². The Bertz CT molecular complexity index is 2190. The van der Waals surface area contributed by atoms with Crippen LogP contribution < -0.4 is 10.3 Å². The van der Waals surface area contributed by atoms with Crippen molar-refractivity contribution in [1.82, 2.24) is 9.55 Å². The number of benzene rings is 1. The maximum absolute atomic E-state index is 14.1. The van der Waals surface area contributed by atoms with Crippen LogP contribution >= 0.6 is 0 Å². The van der Waals surface area contributed by atoms with Crippen LogP contribution in [0.1, 0.15) is 63.3 Å². The predicted octanol–water partition coefficient (Wildman–Crippen LogP) is 5.54. The van der Waals surface area contributed by atoms with E-state index in [9.17, 15) is 19.2 Å². The summed E-state index contributed by atoms with van der Waals surface area (Å²) in [5, 5.41) is 4.13. The van der Waals surface area contributed by atoms with Crippen molar-refractivity contribution in [2.45, 2.75) is 71.8 Å². The maximum Gasteiger partial charge on any atom is 0.514 e. The second-order valence-corrected chi connectivity index (χ2v) is 15.5. The topological polar surface area (TPSA) is 246 Å². The Morgan fingerprint density at radius 1 is 0.800 bits per heavy atom. The maximum atomic E-state index is 14.1. The normalized spacial score (nSPS) is 15.1. The number of carbonyl (C=O) groups excluding carboxylic acids is 3. The van der Waals surface area contributed by atoms with E-state index in [1.54, 1.807) is 56.5 Å². The number of aromatic nitrogens is 2. The monoisotopic (exact) mass is 913 g/mol. The standard InChI is InChI=1S/C44H59N5O16/c1-6-31-32-26-30(63-42(53)64-43(3,4)5)8-9-36(32)47-38-33(31)28-49-37(38)27-35-34(39(49)50)29-62-40(51)44(35,7-2)65-41(52)61-25-24-60-23-22-59-21-20-58-19-18-57-17-16-56-15-14-55-13-12-54-11-10-46-48-45/h8-9,26-27H,6-7,10-25,28-29H2,1-5H3/t44-/m0/s1. The number of cyclic esters (lactones) is 1. The third kappa shape index (κ3) is 14.3. The average molecular weight is 914 g/mol. The molecule has 0 bridgehead atoms. The molecule has 2 aliphatic rings. The number of nitrogens with zero attached hydrogens (tertiary/aromatic N) is 5. The number of azide groups is 1. The summed E-state index contributed by atoms with van der Waals surface area (Å²) in [5.41, 5.74) is 8.87. The zero-order valence-electron chi connectivity index (χ0n) is 37.7. The molecule has 0 saturated carbocycles. The number of ether oxygens (including phenoxy) is 12. The van der Waals surface area contributed by atoms with Crippen molar-refractivity contribution in [2.24, 2.45) is 5.11 Å². The average Bonchev–Trinajstić information content (AvgIpc) is 3.64. The fraction of sp³-hybridized carbons (Fsp3) is 0.614. The molecular formula is C44H59N5O16. The molecule has 1 aromatic carbocycles. The zero-order chi connectivity index (χ0) is 46.7. The number of hydrogen-bond donors (Lipinski definition) is 0. The van der Waals surface area contributed by atoms with Crippen LogP contribution in [0.3, 0.4) is 0 Å². The third-order valence-electron chi connectivity index (χ3n) is 10.0. The molecule has 3 aromatic rings. The number of pyridine rings is 2. The number of hydrogen-bond acceptors (Lipinski definition) is 18. The highest BCUT2D eigenvalue weighted by atomic mass is 16.7. The quantitative estimate of drug-likeness (QED) is 0.0129. The second kappa shape index (κ2) is 25.4. The van der Waals surface area contributed by atoms with Crippen molar-refractivity contribution in [3.8, 4) is 17.1 Å². The van der Waals surface area contributed by atoms with Gasteiger partial charge in [0, 0.05) is 28.0 Å². The molecule has 4 heterocycles. The van der Waals surface area contributed by atoms with E-state index in [-0.39, 0.29) is 62.9 Å². The second-order valence-electron chi connectivity index (χ2n) is 15.5. The van der Waals surface area contributed by atoms with Crippen molar-refractivity contribution >= 4 is 29.2 Å². The number of fused-ring (bicyclic) bond motifs is 5. The van der Waals surface area contributed by atoms with Crippen LogP contribution in [-0.2, 0) is 82.1 Å². The molecule has 5 rings (SSSR count). The van der Waals surface area contributed by atoms with Gasteiger partial charge >= 0.3 is 18.3 Å². The third-order valence-corrected chi connectivity index (χ3v) is 10.0. The van der Waals surface area contributed by atoms with E-state index in [0.717, 1.165) is 16.5 Å². The molecule has 0 spiro atoms. The first-order chi connectivity index (χ1) is 31.4. The van der Waals surface area contributed by atoms with Gasteiger partial charge in [0.2, 0.25) is 5.60 Å². The van der Waals surface area contributed by atoms with Crippen LogP contribution in [0.5, 0.6) is 5.75 Å². The van der Waals surface area contributed by atoms with E-state index in [1.165, 1.54) is 0 Å². The molecular weight excluding hydrogens is 855 g/mol. The molecule has 65 heavy (non-hydrogen) atoms. The summed E-state index contributed by atoms with van der Waals surface area (Å²) in [4.78, 5) is 60.6. The lowest BCUT2D eigenvalue weighted by Gasteiger charge is -2.35. The van der Waals surface area contributed by atoms with E-state index >= 15 is 0 Å². The molecule has 0 aliphatic carbocycles. The highest BCUT2D eigenvalue weighted by Crippen LogP contribution is 2.42. The van der Waals surface area contributed by atoms with Gasteiger partial charge in [-0.15, -0.1) is 0 Å². The summed E-state index contributed by atoms with van der Waals surface area (Å²) in [5.74, 6) is -0.533. The van der Waals surface area contributed by atoms with Gasteiger partial charge in [0.05, 0.1) is 122 Å². The Hall–Kier alpha value is -5.38. The number of esters is 1. The first-order valence-electron chi connectivity index (χ1n) is 21.6. The van der Waals surface area contributed by atoms with Crippen molar-refractivity contribution in [3.05, 3.63) is 67.3 Å². The minimum Gasteiger partial charge on any atom is -0.457 e. The van der Waals surface area contributed by atoms with Gasteiger partial charge < -0.3 is 61.4 Å². The lowest BCUT2D eigenvalue weighted by Crippen LogP contribution is -2.47. The van der Waals surface area contributed by atoms with Gasteiger partial charge in [-0.1, -0.05) is 19.0 Å². The SMILES string of the molecule is CCc1c2c(nc3ccc(OC(=O)OC(C)(C)C)cc13)-c1cc3c(c(=O)n1C2)COC(=O)[C@@]3(CC)OC(=O)OCCOCCOCCOCCOCCOCCOCCOCCN=[N+]=[N-]. The minimum atomic E-state index is -1.94. The van der Waals surface area contributed by atoms with Crippen molar-refractivity contribution in [1.29, 1.82) is 0 Å². The van der Waals surface area contributed by atoms with Gasteiger partial charge in [0.1, 0.15) is 24.6 Å². The first-order valence-corrected chi connectivity index (χ1v) is 21.6. The number of rotatable bonds is 28. The molecule has 0 saturated heterocycles. The number of aryl methyl sites for hydroxylation is 1. The van der Waals surface area contributed by atoms with Gasteiger partial charge in [-0.05, 0) is 69.0 Å². The molecule has 356 valence electrons. The molecule has 0 unspecified atom stereocenters. The van der Waals surface area contributed by atoms with Crippen molar-refractivity contribution in [3.63, 3.8) is 0 Å². The molecule has 0 fully saturated rings. The smallest absolute Gasteiger partial charge is 0.457 e. The molecule has 0 amide bonds. The molecule has 2 aromatic heterocycles. The van der Waals surface area contributed by atoms with Crippen molar-refractivity contribution < 1.29 is 71.2 Å². The highest BCUT2D eigenvalue weighted by molar-refractivity contribution is 5.90. The molecule has 0 N–H and O–H groups in total. The zero-order valence-corrected chi connectivity index (χ0v) is 37.7. The summed E-state index contributed by atoms with van der Waals surface area (Å²) in [6.07, 6.45) is -1.41. The molecule has 21 heteroatoms. The van der Waals surface area contributed by atoms with E-state index in [1.807, 2.05) is 6.92 Å². The molecule has 2 aliphatic heterocycles. The molecule has 21 nitrogen and oxygen atoms in total. The Morgan fingerprint density at radius 3 is 1.91 bits per heavy atom. The fourth-order valence-corrected chi connectivity index (χ4v) is 7.06. The summed E-state index contributed by atoms with van der Waals surface area (Å²) < 4.78 is 66.8. The van der Waals surface area contributed by atoms with Gasteiger partial charge in [0.25, 0.3) is 5.56 Å². The van der Waals surface area contributed by atoms with Crippen LogP contribution in [0.15, 0.2) is 34.2 Å². The summed E-state index contributed by atoms with van der Waals surface area (Å²) in [7, 11) is 0. The van der Waals surface area contributed by atoms with Gasteiger partial charge in [-0.3, -0.25) is 4.79 Å². The Morgan fingerprint density at radius 2 is 1.37 bits per heavy atom. The Labute approximate surface area is 376 Å². The van der Waals surface area contributed by atoms with Crippen molar-refractivity contribution in [2.75, 3.05) is 106 Å². The van der Waals surface area contributed by atoms with Crippen LogP contribution in [0.4, 0.5) is 9.59 Å². The lowest BCUT2D eigenvalue weighted by atomic mass is 9.85. The van der Waals surface area contributed by atoms with E-state index in [4.69, 9.17) is 67.4 Å². The summed E-state index contributed by atoms with van der Waals surface area (Å²) >= 11 is 0. The number of carbonyl (C=O) groups is 3. The largest absolute Gasteiger partial charge is 0.514 e. The molecule has 1 atom stereocenters. The van der Waals surface area contributed by atoms with E-state index < -0.39 is 35.0 Å². The highest BCUT2D eigenvalue weighted by Gasteiger charge is 2.51. The predicted molar refractivity (Wildman–Crippen MR) is 231 cm³/mol.